The Morgan fingerprint density at radius 3 is 2.68 bits per heavy atom. The van der Waals surface area contributed by atoms with Crippen LogP contribution in [0.4, 0.5) is 0 Å². The molecule has 0 bridgehead atoms. The van der Waals surface area contributed by atoms with Crippen LogP contribution in [0.25, 0.3) is 10.2 Å². The molecule has 1 aromatic heterocycles. The molecule has 0 atom stereocenters. The maximum absolute atomic E-state index is 12.4. The fraction of sp³-hybridized carbons (Fsp3) is 0.348. The smallest absolute Gasteiger partial charge is 0.269 e. The molecule has 0 aliphatic rings. The number of benzene rings is 2. The molecule has 0 spiro atoms. The zero-order valence-corrected chi connectivity index (χ0v) is 18.6. The molecule has 1 heterocycles. The van der Waals surface area contributed by atoms with Gasteiger partial charge < -0.3 is 9.47 Å². The van der Waals surface area contributed by atoms with Gasteiger partial charge in [-0.25, -0.2) is 4.98 Å². The van der Waals surface area contributed by atoms with Gasteiger partial charge in [-0.15, -0.1) is 11.3 Å². The average molecular weight is 442 g/mol. The van der Waals surface area contributed by atoms with E-state index in [0.717, 1.165) is 34.5 Å². The van der Waals surface area contributed by atoms with Crippen molar-refractivity contribution < 1.29 is 19.1 Å². The quantitative estimate of drug-likeness (QED) is 0.362. The van der Waals surface area contributed by atoms with Crippen molar-refractivity contribution in [3.05, 3.63) is 53.0 Å². The van der Waals surface area contributed by atoms with Gasteiger partial charge in [0.1, 0.15) is 0 Å². The van der Waals surface area contributed by atoms with Gasteiger partial charge in [0.25, 0.3) is 5.91 Å². The number of unbranched alkanes of at least 4 members (excludes halogenated alkanes) is 1. The van der Waals surface area contributed by atoms with Crippen LogP contribution >= 0.6 is 11.3 Å². The van der Waals surface area contributed by atoms with Gasteiger partial charge in [-0.1, -0.05) is 25.5 Å². The van der Waals surface area contributed by atoms with Gasteiger partial charge in [0.2, 0.25) is 5.91 Å². The second-order valence-electron chi connectivity index (χ2n) is 7.00. The number of amides is 2. The minimum Gasteiger partial charge on any atom is -0.493 e. The first-order chi connectivity index (χ1) is 15.1. The van der Waals surface area contributed by atoms with E-state index in [0.29, 0.717) is 36.5 Å². The number of hydrogen-bond acceptors (Lipinski definition) is 6. The van der Waals surface area contributed by atoms with Gasteiger partial charge in [-0.2, -0.15) is 0 Å². The average Bonchev–Trinajstić information content (AvgIpc) is 3.20. The van der Waals surface area contributed by atoms with Gasteiger partial charge in [0.05, 0.1) is 28.9 Å². The maximum atomic E-state index is 12.4. The van der Waals surface area contributed by atoms with Crippen molar-refractivity contribution in [3.63, 3.8) is 0 Å². The number of hydrogen-bond donors (Lipinski definition) is 2. The number of para-hydroxylation sites is 1. The standard InChI is InChI=1S/C23H27N3O4S/c1-3-4-14-30-18-13-12-16(15-19(18)29-2)23(28)26-25-21(27)10-7-11-22-24-17-8-5-6-9-20(17)31-22/h5-6,8-9,12-13,15H,3-4,7,10-11,14H2,1-2H3,(H,25,27)(H,26,28). The number of nitrogens with one attached hydrogen (secondary N) is 2. The van der Waals surface area contributed by atoms with E-state index < -0.39 is 5.91 Å². The van der Waals surface area contributed by atoms with E-state index in [-0.39, 0.29) is 5.91 Å². The summed E-state index contributed by atoms with van der Waals surface area (Å²) in [6.07, 6.45) is 3.64. The Hall–Kier alpha value is -3.13. The van der Waals surface area contributed by atoms with Crippen molar-refractivity contribution in [3.8, 4) is 11.5 Å². The molecule has 0 aliphatic carbocycles. The molecule has 8 heteroatoms. The number of carbonyl (C=O) groups is 2. The molecule has 31 heavy (non-hydrogen) atoms. The third-order valence-electron chi connectivity index (χ3n) is 4.63. The lowest BCUT2D eigenvalue weighted by Gasteiger charge is -2.12. The Morgan fingerprint density at radius 2 is 1.90 bits per heavy atom. The predicted octanol–water partition coefficient (Wildman–Crippen LogP) is 4.27. The number of aromatic nitrogens is 1. The van der Waals surface area contributed by atoms with Crippen LogP contribution in [0.3, 0.4) is 0 Å². The third-order valence-corrected chi connectivity index (χ3v) is 5.73. The number of carbonyl (C=O) groups excluding carboxylic acids is 2. The van der Waals surface area contributed by atoms with Crippen molar-refractivity contribution in [2.75, 3.05) is 13.7 Å². The summed E-state index contributed by atoms with van der Waals surface area (Å²) in [5.74, 6) is 0.399. The highest BCUT2D eigenvalue weighted by molar-refractivity contribution is 7.18. The minimum absolute atomic E-state index is 0.249. The lowest BCUT2D eigenvalue weighted by Crippen LogP contribution is -2.41. The van der Waals surface area contributed by atoms with Crippen molar-refractivity contribution in [1.82, 2.24) is 15.8 Å². The molecule has 3 rings (SSSR count). The number of thiazole rings is 1. The molecule has 7 nitrogen and oxygen atoms in total. The molecule has 0 radical (unpaired) electrons. The molecule has 3 aromatic rings. The van der Waals surface area contributed by atoms with Gasteiger partial charge >= 0.3 is 0 Å². The van der Waals surface area contributed by atoms with Crippen LogP contribution < -0.4 is 20.3 Å². The van der Waals surface area contributed by atoms with Crippen LogP contribution in [-0.4, -0.2) is 30.5 Å². The highest BCUT2D eigenvalue weighted by Gasteiger charge is 2.12. The highest BCUT2D eigenvalue weighted by atomic mass is 32.1. The first-order valence-corrected chi connectivity index (χ1v) is 11.2. The molecule has 2 aromatic carbocycles. The zero-order chi connectivity index (χ0) is 22.1. The number of hydrazine groups is 1. The van der Waals surface area contributed by atoms with E-state index in [1.165, 1.54) is 7.11 Å². The molecule has 0 aliphatic heterocycles. The zero-order valence-electron chi connectivity index (χ0n) is 17.8. The summed E-state index contributed by atoms with van der Waals surface area (Å²) in [5, 5.41) is 1.01. The largest absolute Gasteiger partial charge is 0.493 e. The van der Waals surface area contributed by atoms with Crippen molar-refractivity contribution in [1.29, 1.82) is 0 Å². The Morgan fingerprint density at radius 1 is 1.06 bits per heavy atom. The summed E-state index contributed by atoms with van der Waals surface area (Å²) in [5.41, 5.74) is 6.26. The molecule has 0 saturated heterocycles. The number of rotatable bonds is 10. The van der Waals surface area contributed by atoms with E-state index in [1.54, 1.807) is 29.5 Å². The summed E-state index contributed by atoms with van der Waals surface area (Å²) in [6, 6.07) is 12.9. The molecule has 0 unspecified atom stereocenters. The second-order valence-corrected chi connectivity index (χ2v) is 8.11. The second kappa shape index (κ2) is 11.3. The van der Waals surface area contributed by atoms with Crippen LogP contribution in [0.15, 0.2) is 42.5 Å². The van der Waals surface area contributed by atoms with E-state index in [9.17, 15) is 9.59 Å². The Labute approximate surface area is 185 Å². The van der Waals surface area contributed by atoms with E-state index in [4.69, 9.17) is 9.47 Å². The van der Waals surface area contributed by atoms with Crippen molar-refractivity contribution in [2.24, 2.45) is 0 Å². The lowest BCUT2D eigenvalue weighted by molar-refractivity contribution is -0.121. The fourth-order valence-electron chi connectivity index (χ4n) is 2.94. The summed E-state index contributed by atoms with van der Waals surface area (Å²) in [4.78, 5) is 29.0. The van der Waals surface area contributed by atoms with E-state index >= 15 is 0 Å². The minimum atomic E-state index is -0.419. The molecular formula is C23H27N3O4S. The van der Waals surface area contributed by atoms with Gasteiger partial charge in [-0.05, 0) is 49.6 Å². The monoisotopic (exact) mass is 441 g/mol. The Bertz CT molecular complexity index is 1000. The number of ether oxygens (including phenoxy) is 2. The van der Waals surface area contributed by atoms with Crippen LogP contribution in [0.1, 0.15) is 48.0 Å². The Balaban J connectivity index is 1.44. The number of aryl methyl sites for hydroxylation is 1. The van der Waals surface area contributed by atoms with Crippen LogP contribution in [0, 0.1) is 0 Å². The number of nitrogens with zero attached hydrogens (tertiary/aromatic N) is 1. The third kappa shape index (κ3) is 6.42. The van der Waals surface area contributed by atoms with Crippen LogP contribution in [-0.2, 0) is 11.2 Å². The molecule has 0 saturated carbocycles. The summed E-state index contributed by atoms with van der Waals surface area (Å²) in [7, 11) is 1.52. The predicted molar refractivity (Wildman–Crippen MR) is 122 cm³/mol. The number of methoxy groups -OCH3 is 1. The molecule has 164 valence electrons. The first kappa shape index (κ1) is 22.6. The lowest BCUT2D eigenvalue weighted by atomic mass is 10.2. The topological polar surface area (TPSA) is 89.6 Å². The number of fused-ring (bicyclic) bond motifs is 1. The normalized spacial score (nSPS) is 10.6. The maximum Gasteiger partial charge on any atom is 0.269 e. The Kier molecular flexibility index (Phi) is 8.23. The first-order valence-electron chi connectivity index (χ1n) is 10.3. The van der Waals surface area contributed by atoms with Crippen molar-refractivity contribution in [2.45, 2.75) is 39.0 Å². The summed E-state index contributed by atoms with van der Waals surface area (Å²) < 4.78 is 12.1. The fourth-order valence-corrected chi connectivity index (χ4v) is 3.95. The molecule has 2 N–H and O–H groups in total. The summed E-state index contributed by atoms with van der Waals surface area (Å²) >= 11 is 1.64. The SMILES string of the molecule is CCCCOc1ccc(C(=O)NNC(=O)CCCc2nc3ccccc3s2)cc1OC. The molecule has 2 amide bonds. The van der Waals surface area contributed by atoms with Crippen LogP contribution in [0.5, 0.6) is 11.5 Å². The van der Waals surface area contributed by atoms with Gasteiger partial charge in [0.15, 0.2) is 11.5 Å². The molecular weight excluding hydrogens is 414 g/mol. The van der Waals surface area contributed by atoms with Crippen LogP contribution in [0.2, 0.25) is 0 Å². The van der Waals surface area contributed by atoms with E-state index in [1.807, 2.05) is 24.3 Å². The van der Waals surface area contributed by atoms with Gasteiger partial charge in [0, 0.05) is 12.0 Å². The van der Waals surface area contributed by atoms with Gasteiger partial charge in [-0.3, -0.25) is 20.4 Å². The highest BCUT2D eigenvalue weighted by Crippen LogP contribution is 2.28. The molecule has 0 fully saturated rings. The summed E-state index contributed by atoms with van der Waals surface area (Å²) in [6.45, 7) is 2.68. The van der Waals surface area contributed by atoms with E-state index in [2.05, 4.69) is 22.8 Å². The van der Waals surface area contributed by atoms with Crippen molar-refractivity contribution >= 4 is 33.4 Å².